The summed E-state index contributed by atoms with van der Waals surface area (Å²) in [6.45, 7) is -0.423. The van der Waals surface area contributed by atoms with Crippen molar-refractivity contribution in [2.75, 3.05) is 33.2 Å². The molecule has 1 fully saturated rings. The minimum absolute atomic E-state index is 0.108. The summed E-state index contributed by atoms with van der Waals surface area (Å²) in [6, 6.07) is 8.67. The van der Waals surface area contributed by atoms with Crippen molar-refractivity contribution < 1.29 is 63.2 Å². The van der Waals surface area contributed by atoms with Crippen LogP contribution in [0.25, 0.3) is 11.1 Å². The van der Waals surface area contributed by atoms with Gasteiger partial charge in [-0.1, -0.05) is 17.9 Å². The molecule has 0 amide bonds. The predicted octanol–water partition coefficient (Wildman–Crippen LogP) is 1.29. The Hall–Kier alpha value is -5.27. The van der Waals surface area contributed by atoms with Gasteiger partial charge in [-0.2, -0.15) is 0 Å². The van der Waals surface area contributed by atoms with Crippen LogP contribution < -0.4 is 29.4 Å². The van der Waals surface area contributed by atoms with Gasteiger partial charge in [0.05, 0.1) is 32.3 Å². The molecule has 5 aliphatic heterocycles. The molecule has 2 bridgehead atoms. The standard InChI is InChI=1S/C34H32N2O13/c1-43-19-7-6-16-18-13-45-21-10-20-17(26(15-5-8-23(35)36-12-15)27(21)29(18)49-30(16)31(19)44-2)4-3-9-34(42)22(14-46-25(39)11-24(37)38)48-33(47-20)28(40)32(34)41/h5-8,10,12,18,22,28-29,32-33,40-42H,9,11,13-14H2,1-2H3,(H2,35,36)(H,37,38)/t18-,22+,28+,29+,32+,33+,34+/m0/s1. The van der Waals surface area contributed by atoms with Gasteiger partial charge in [-0.25, -0.2) is 4.98 Å². The first-order chi connectivity index (χ1) is 23.5. The molecule has 15 nitrogen and oxygen atoms in total. The molecule has 8 rings (SSSR count). The van der Waals surface area contributed by atoms with E-state index in [0.29, 0.717) is 45.3 Å². The number of fused-ring (bicyclic) bond motifs is 8. The van der Waals surface area contributed by atoms with Crippen LogP contribution in [0.4, 0.5) is 5.82 Å². The molecule has 49 heavy (non-hydrogen) atoms. The zero-order chi connectivity index (χ0) is 34.6. The van der Waals surface area contributed by atoms with E-state index < -0.39 is 67.7 Å². The average molecular weight is 677 g/mol. The number of esters is 1. The molecule has 256 valence electrons. The van der Waals surface area contributed by atoms with Crippen LogP contribution in [0, 0.1) is 11.8 Å². The molecule has 5 aliphatic rings. The van der Waals surface area contributed by atoms with Crippen molar-refractivity contribution >= 4 is 17.8 Å². The molecule has 0 unspecified atom stereocenters. The number of aliphatic hydroxyl groups excluding tert-OH is 2. The van der Waals surface area contributed by atoms with Crippen LogP contribution in [0.5, 0.6) is 28.7 Å². The van der Waals surface area contributed by atoms with Crippen LogP contribution in [-0.4, -0.2) is 95.0 Å². The molecule has 15 heteroatoms. The molecular formula is C34H32N2O13. The number of hydrogen-bond donors (Lipinski definition) is 5. The molecule has 1 aromatic heterocycles. The highest BCUT2D eigenvalue weighted by Gasteiger charge is 2.56. The number of hydrogen-bond acceptors (Lipinski definition) is 14. The Morgan fingerprint density at radius 3 is 2.65 bits per heavy atom. The highest BCUT2D eigenvalue weighted by molar-refractivity contribution is 5.90. The number of carboxylic acid groups (broad SMARTS) is 1. The molecular weight excluding hydrogens is 644 g/mol. The van der Waals surface area contributed by atoms with E-state index in [1.54, 1.807) is 30.5 Å². The molecule has 2 aromatic carbocycles. The third-order valence-electron chi connectivity index (χ3n) is 9.10. The lowest BCUT2D eigenvalue weighted by Gasteiger charge is -2.47. The second-order valence-electron chi connectivity index (χ2n) is 12.0. The van der Waals surface area contributed by atoms with E-state index in [4.69, 9.17) is 44.0 Å². The Morgan fingerprint density at radius 1 is 1.12 bits per heavy atom. The zero-order valence-electron chi connectivity index (χ0n) is 26.2. The number of carbonyl (C=O) groups excluding carboxylic acids is 1. The first kappa shape index (κ1) is 32.3. The number of aliphatic carboxylic acids is 1. The summed E-state index contributed by atoms with van der Waals surface area (Å²) >= 11 is 0. The summed E-state index contributed by atoms with van der Waals surface area (Å²) in [6.07, 6.45) is -7.05. The van der Waals surface area contributed by atoms with Gasteiger partial charge in [-0.3, -0.25) is 9.59 Å². The molecule has 6 N–H and O–H groups in total. The van der Waals surface area contributed by atoms with Crippen molar-refractivity contribution in [2.45, 2.75) is 55.1 Å². The number of methoxy groups -OCH3 is 2. The number of anilines is 1. The molecule has 0 spiro atoms. The number of nitrogen functional groups attached to an aromatic ring is 1. The molecule has 7 atom stereocenters. The number of rotatable bonds is 7. The van der Waals surface area contributed by atoms with Gasteiger partial charge in [0, 0.05) is 40.9 Å². The third-order valence-corrected chi connectivity index (χ3v) is 9.10. The maximum absolute atomic E-state index is 12.0. The van der Waals surface area contributed by atoms with Crippen molar-refractivity contribution in [1.82, 2.24) is 4.98 Å². The van der Waals surface area contributed by atoms with E-state index in [2.05, 4.69) is 16.8 Å². The minimum Gasteiger partial charge on any atom is -0.493 e. The van der Waals surface area contributed by atoms with E-state index >= 15 is 0 Å². The Labute approximate surface area is 279 Å². The molecule has 1 saturated heterocycles. The number of carbonyl (C=O) groups is 2. The van der Waals surface area contributed by atoms with Crippen molar-refractivity contribution in [3.05, 3.63) is 53.2 Å². The lowest BCUT2D eigenvalue weighted by atomic mass is 9.80. The fourth-order valence-electron chi connectivity index (χ4n) is 6.68. The smallest absolute Gasteiger partial charge is 0.317 e. The van der Waals surface area contributed by atoms with Gasteiger partial charge in [-0.15, -0.1) is 0 Å². The van der Waals surface area contributed by atoms with Gasteiger partial charge in [0.15, 0.2) is 11.5 Å². The van der Waals surface area contributed by atoms with Crippen LogP contribution in [0.1, 0.15) is 41.6 Å². The van der Waals surface area contributed by atoms with E-state index in [9.17, 15) is 24.9 Å². The molecule has 0 aliphatic carbocycles. The SMILES string of the molecule is COc1ccc2c(c1OC)O[C@H]1c3c(cc4c(c3-c3ccc(N)nc3)C#CC[C@]3(O)[C@H](O)[C@@H](O)[C@H](O4)O[C@@H]3COC(=O)CC(=O)O)OC[C@@H]21. The van der Waals surface area contributed by atoms with Crippen molar-refractivity contribution in [3.63, 3.8) is 0 Å². The van der Waals surface area contributed by atoms with E-state index in [0.717, 1.165) is 5.56 Å². The summed E-state index contributed by atoms with van der Waals surface area (Å²) < 4.78 is 41.2. The highest BCUT2D eigenvalue weighted by Crippen LogP contribution is 2.59. The highest BCUT2D eigenvalue weighted by atomic mass is 16.7. The summed E-state index contributed by atoms with van der Waals surface area (Å²) in [5, 5.41) is 42.7. The largest absolute Gasteiger partial charge is 0.493 e. The number of aliphatic hydroxyl groups is 3. The monoisotopic (exact) mass is 676 g/mol. The number of carboxylic acids is 1. The first-order valence-corrected chi connectivity index (χ1v) is 15.3. The van der Waals surface area contributed by atoms with E-state index in [1.165, 1.54) is 14.2 Å². The second-order valence-corrected chi connectivity index (χ2v) is 12.0. The van der Waals surface area contributed by atoms with Crippen LogP contribution in [0.15, 0.2) is 36.5 Å². The fraction of sp³-hybridized carbons (Fsp3) is 0.382. The van der Waals surface area contributed by atoms with Crippen LogP contribution in [0.3, 0.4) is 0 Å². The summed E-state index contributed by atoms with van der Waals surface area (Å²) in [5.41, 5.74) is 6.61. The number of nitrogens with zero attached hydrogens (tertiary/aromatic N) is 1. The van der Waals surface area contributed by atoms with Crippen molar-refractivity contribution in [2.24, 2.45) is 0 Å². The Bertz CT molecular complexity index is 1890. The summed E-state index contributed by atoms with van der Waals surface area (Å²) in [7, 11) is 3.07. The van der Waals surface area contributed by atoms with Gasteiger partial charge in [-0.05, 0) is 18.2 Å². The van der Waals surface area contributed by atoms with E-state index in [1.807, 2.05) is 6.07 Å². The van der Waals surface area contributed by atoms with Crippen molar-refractivity contribution in [1.29, 1.82) is 0 Å². The van der Waals surface area contributed by atoms with Gasteiger partial charge < -0.3 is 59.3 Å². The Balaban J connectivity index is 1.35. The number of benzene rings is 2. The quantitative estimate of drug-likeness (QED) is 0.135. The molecule has 0 radical (unpaired) electrons. The Morgan fingerprint density at radius 2 is 1.94 bits per heavy atom. The fourth-order valence-corrected chi connectivity index (χ4v) is 6.68. The number of ether oxygens (including phenoxy) is 7. The van der Waals surface area contributed by atoms with Crippen LogP contribution >= 0.6 is 0 Å². The predicted molar refractivity (Wildman–Crippen MR) is 166 cm³/mol. The van der Waals surface area contributed by atoms with Crippen LogP contribution in [-0.2, 0) is 19.1 Å². The van der Waals surface area contributed by atoms with Crippen molar-refractivity contribution in [3.8, 4) is 51.7 Å². The summed E-state index contributed by atoms with van der Waals surface area (Å²) in [4.78, 5) is 27.2. The maximum Gasteiger partial charge on any atom is 0.317 e. The minimum atomic E-state index is -2.25. The third kappa shape index (κ3) is 5.39. The van der Waals surface area contributed by atoms with Gasteiger partial charge in [0.2, 0.25) is 12.0 Å². The zero-order valence-corrected chi connectivity index (χ0v) is 26.2. The lowest BCUT2D eigenvalue weighted by molar-refractivity contribution is -0.312. The molecule has 3 aromatic rings. The van der Waals surface area contributed by atoms with Gasteiger partial charge in [0.25, 0.3) is 0 Å². The Kier molecular flexibility index (Phi) is 8.11. The number of aromatic nitrogens is 1. The van der Waals surface area contributed by atoms with Crippen LogP contribution in [0.2, 0.25) is 0 Å². The average Bonchev–Trinajstić information content (AvgIpc) is 3.46. The summed E-state index contributed by atoms with van der Waals surface area (Å²) in [5.74, 6) is 5.43. The van der Waals surface area contributed by atoms with E-state index in [-0.39, 0.29) is 24.1 Å². The number of nitrogens with two attached hydrogens (primary N) is 1. The normalized spacial score (nSPS) is 27.3. The molecule has 0 saturated carbocycles. The topological polar surface area (TPSA) is 219 Å². The first-order valence-electron chi connectivity index (χ1n) is 15.3. The second kappa shape index (κ2) is 12.3. The molecule has 6 heterocycles. The van der Waals surface area contributed by atoms with Gasteiger partial charge >= 0.3 is 11.9 Å². The number of pyridine rings is 1. The maximum atomic E-state index is 12.0. The lowest BCUT2D eigenvalue weighted by Crippen LogP contribution is -2.68. The van der Waals surface area contributed by atoms with Gasteiger partial charge in [0.1, 0.15) is 60.4 Å².